The van der Waals surface area contributed by atoms with Gasteiger partial charge in [-0.3, -0.25) is 14.9 Å². The number of hydrazone groups is 1. The average molecular weight is 418 g/mol. The molecule has 2 aromatic carbocycles. The van der Waals surface area contributed by atoms with Gasteiger partial charge in [0.05, 0.1) is 16.0 Å². The van der Waals surface area contributed by atoms with Crippen molar-refractivity contribution >= 4 is 27.8 Å². The molecule has 0 saturated heterocycles. The van der Waals surface area contributed by atoms with Crippen molar-refractivity contribution in [2.24, 2.45) is 11.0 Å². The highest BCUT2D eigenvalue weighted by molar-refractivity contribution is 7.89. The molecule has 0 aliphatic carbocycles. The van der Waals surface area contributed by atoms with Crippen molar-refractivity contribution in [2.45, 2.75) is 31.7 Å². The first-order valence-corrected chi connectivity index (χ1v) is 10.2. The lowest BCUT2D eigenvalue weighted by Gasteiger charge is -2.20. The van der Waals surface area contributed by atoms with Gasteiger partial charge in [0.2, 0.25) is 10.0 Å². The van der Waals surface area contributed by atoms with Crippen LogP contribution in [-0.4, -0.2) is 31.5 Å². The number of carbonyl (C=O) groups excluding carboxylic acids is 1. The van der Waals surface area contributed by atoms with E-state index in [1.165, 1.54) is 42.6 Å². The van der Waals surface area contributed by atoms with Gasteiger partial charge in [-0.1, -0.05) is 31.5 Å². The van der Waals surface area contributed by atoms with Gasteiger partial charge in [-0.2, -0.15) is 9.82 Å². The number of carbonyl (C=O) groups is 1. The van der Waals surface area contributed by atoms with E-state index in [4.69, 9.17) is 0 Å². The highest BCUT2D eigenvalue weighted by Gasteiger charge is 2.28. The van der Waals surface area contributed by atoms with E-state index in [-0.39, 0.29) is 16.5 Å². The molecule has 0 fully saturated rings. The van der Waals surface area contributed by atoms with Crippen molar-refractivity contribution in [3.63, 3.8) is 0 Å². The summed E-state index contributed by atoms with van der Waals surface area (Å²) in [6, 6.07) is 10.9. The summed E-state index contributed by atoms with van der Waals surface area (Å²) in [7, 11) is -3.88. The number of rotatable bonds is 8. The van der Waals surface area contributed by atoms with Crippen LogP contribution in [0, 0.1) is 23.0 Å². The Hall–Kier alpha value is -3.11. The molecule has 0 aliphatic heterocycles. The summed E-state index contributed by atoms with van der Waals surface area (Å²) in [6.07, 6.45) is 1.31. The molecule has 9 nitrogen and oxygen atoms in total. The number of nitro benzene ring substituents is 1. The smallest absolute Gasteiger partial charge is 0.269 e. The summed E-state index contributed by atoms with van der Waals surface area (Å²) in [5.41, 5.74) is 3.70. The number of aryl methyl sites for hydroxylation is 1. The second-order valence-corrected chi connectivity index (χ2v) is 8.45. The predicted octanol–water partition coefficient (Wildman–Crippen LogP) is 2.36. The van der Waals surface area contributed by atoms with E-state index in [2.05, 4.69) is 15.2 Å². The van der Waals surface area contributed by atoms with Crippen LogP contribution < -0.4 is 10.1 Å². The molecular formula is C19H22N4O5S. The zero-order valence-corrected chi connectivity index (χ0v) is 17.0. The Balaban J connectivity index is 2.07. The van der Waals surface area contributed by atoms with Crippen LogP contribution >= 0.6 is 0 Å². The minimum absolute atomic E-state index is 0.0587. The van der Waals surface area contributed by atoms with Crippen LogP contribution in [0.25, 0.3) is 0 Å². The van der Waals surface area contributed by atoms with Gasteiger partial charge >= 0.3 is 0 Å². The fourth-order valence-electron chi connectivity index (χ4n) is 2.37. The van der Waals surface area contributed by atoms with Crippen LogP contribution in [0.1, 0.15) is 25.0 Å². The van der Waals surface area contributed by atoms with E-state index >= 15 is 0 Å². The fourth-order valence-corrected chi connectivity index (χ4v) is 3.71. The number of non-ortho nitro benzene ring substituents is 1. The van der Waals surface area contributed by atoms with Crippen LogP contribution in [0.4, 0.5) is 5.69 Å². The van der Waals surface area contributed by atoms with Gasteiger partial charge < -0.3 is 0 Å². The molecule has 0 radical (unpaired) electrons. The molecule has 0 heterocycles. The van der Waals surface area contributed by atoms with Crippen molar-refractivity contribution < 1.29 is 18.1 Å². The van der Waals surface area contributed by atoms with Crippen LogP contribution in [-0.2, 0) is 14.8 Å². The van der Waals surface area contributed by atoms with Crippen LogP contribution in [0.2, 0.25) is 0 Å². The van der Waals surface area contributed by atoms with Gasteiger partial charge in [0, 0.05) is 12.1 Å². The molecule has 1 atom stereocenters. The molecule has 0 bridgehead atoms. The van der Waals surface area contributed by atoms with Crippen molar-refractivity contribution in [2.75, 3.05) is 0 Å². The Morgan fingerprint density at radius 3 is 2.21 bits per heavy atom. The molecule has 1 amide bonds. The number of hydrogen-bond donors (Lipinski definition) is 2. The number of nitro groups is 1. The lowest BCUT2D eigenvalue weighted by atomic mass is 10.1. The van der Waals surface area contributed by atoms with E-state index in [0.29, 0.717) is 5.56 Å². The predicted molar refractivity (Wildman–Crippen MR) is 109 cm³/mol. The lowest BCUT2D eigenvalue weighted by molar-refractivity contribution is -0.384. The van der Waals surface area contributed by atoms with Gasteiger partial charge in [0.1, 0.15) is 6.04 Å². The Kier molecular flexibility index (Phi) is 7.18. The Labute approximate surface area is 169 Å². The minimum atomic E-state index is -3.88. The molecule has 0 aliphatic rings. The highest BCUT2D eigenvalue weighted by atomic mass is 32.2. The van der Waals surface area contributed by atoms with Crippen molar-refractivity contribution in [3.8, 4) is 0 Å². The Bertz CT molecular complexity index is 1000. The SMILES string of the molecule is Cc1ccc(S(=O)(=O)N[C@@H](C(=O)N/N=C\c2ccc([N+](=O)[O-])cc2)C(C)C)cc1. The fraction of sp³-hybridized carbons (Fsp3) is 0.263. The standard InChI is InChI=1S/C19H22N4O5S/c1-13(2)18(22-29(27,28)17-10-4-14(3)5-11-17)19(24)21-20-12-15-6-8-16(9-7-15)23(25)26/h4-13,18,22H,1-3H3,(H,21,24)/b20-12-/t18-/m1/s1. The second-order valence-electron chi connectivity index (χ2n) is 6.74. The molecule has 2 aromatic rings. The number of nitrogens with zero attached hydrogens (tertiary/aromatic N) is 2. The summed E-state index contributed by atoms with van der Waals surface area (Å²) < 4.78 is 27.5. The lowest BCUT2D eigenvalue weighted by Crippen LogP contribution is -2.48. The van der Waals surface area contributed by atoms with Crippen LogP contribution in [0.5, 0.6) is 0 Å². The van der Waals surface area contributed by atoms with Gasteiger partial charge in [0.25, 0.3) is 11.6 Å². The third-order valence-electron chi connectivity index (χ3n) is 4.05. The Morgan fingerprint density at radius 1 is 1.10 bits per heavy atom. The normalized spacial score (nSPS) is 12.8. The first-order valence-electron chi connectivity index (χ1n) is 8.76. The third kappa shape index (κ3) is 6.19. The topological polar surface area (TPSA) is 131 Å². The van der Waals surface area contributed by atoms with Gasteiger partial charge in [-0.25, -0.2) is 13.8 Å². The quantitative estimate of drug-likeness (QED) is 0.386. The molecule has 154 valence electrons. The van der Waals surface area contributed by atoms with Gasteiger partial charge in [0.15, 0.2) is 0 Å². The Morgan fingerprint density at radius 2 is 1.69 bits per heavy atom. The molecule has 0 saturated carbocycles. The van der Waals surface area contributed by atoms with E-state index in [0.717, 1.165) is 5.56 Å². The third-order valence-corrected chi connectivity index (χ3v) is 5.51. The number of sulfonamides is 1. The summed E-state index contributed by atoms with van der Waals surface area (Å²) in [5, 5.41) is 14.5. The number of benzene rings is 2. The summed E-state index contributed by atoms with van der Waals surface area (Å²) in [6.45, 7) is 5.26. The zero-order valence-electron chi connectivity index (χ0n) is 16.2. The largest absolute Gasteiger partial charge is 0.271 e. The van der Waals surface area contributed by atoms with Gasteiger partial charge in [-0.15, -0.1) is 0 Å². The molecule has 0 unspecified atom stereocenters. The maximum absolute atomic E-state index is 12.6. The number of amides is 1. The molecule has 10 heteroatoms. The summed E-state index contributed by atoms with van der Waals surface area (Å²) in [4.78, 5) is 22.6. The highest BCUT2D eigenvalue weighted by Crippen LogP contribution is 2.13. The zero-order chi connectivity index (χ0) is 21.6. The molecular weight excluding hydrogens is 396 g/mol. The maximum Gasteiger partial charge on any atom is 0.269 e. The maximum atomic E-state index is 12.6. The monoisotopic (exact) mass is 418 g/mol. The molecule has 29 heavy (non-hydrogen) atoms. The first kappa shape index (κ1) is 22.2. The van der Waals surface area contributed by atoms with E-state index in [9.17, 15) is 23.3 Å². The van der Waals surface area contributed by atoms with Crippen LogP contribution in [0.15, 0.2) is 58.5 Å². The van der Waals surface area contributed by atoms with Crippen LogP contribution in [0.3, 0.4) is 0 Å². The summed E-state index contributed by atoms with van der Waals surface area (Å²) in [5.74, 6) is -0.946. The van der Waals surface area contributed by atoms with E-state index < -0.39 is 26.9 Å². The minimum Gasteiger partial charge on any atom is -0.271 e. The van der Waals surface area contributed by atoms with E-state index in [1.54, 1.807) is 26.0 Å². The molecule has 2 N–H and O–H groups in total. The van der Waals surface area contributed by atoms with Crippen molar-refractivity contribution in [3.05, 3.63) is 69.8 Å². The average Bonchev–Trinajstić information content (AvgIpc) is 2.66. The first-order chi connectivity index (χ1) is 13.6. The van der Waals surface area contributed by atoms with Gasteiger partial charge in [-0.05, 0) is 42.7 Å². The van der Waals surface area contributed by atoms with Crippen molar-refractivity contribution in [1.82, 2.24) is 10.1 Å². The molecule has 2 rings (SSSR count). The summed E-state index contributed by atoms with van der Waals surface area (Å²) >= 11 is 0. The number of hydrogen-bond acceptors (Lipinski definition) is 6. The second kappa shape index (κ2) is 9.39. The van der Waals surface area contributed by atoms with Crippen molar-refractivity contribution in [1.29, 1.82) is 0 Å². The molecule has 0 aromatic heterocycles. The molecule has 0 spiro atoms. The van der Waals surface area contributed by atoms with E-state index in [1.807, 2.05) is 6.92 Å². The number of nitrogens with one attached hydrogen (secondary N) is 2.